The second-order valence-corrected chi connectivity index (χ2v) is 10.5. The first-order valence-corrected chi connectivity index (χ1v) is 12.7. The van der Waals surface area contributed by atoms with Gasteiger partial charge in [0.05, 0.1) is 12.3 Å². The molecule has 0 unspecified atom stereocenters. The van der Waals surface area contributed by atoms with Crippen molar-refractivity contribution in [3.8, 4) is 17.6 Å². The molecule has 0 spiro atoms. The molecule has 8 nitrogen and oxygen atoms in total. The monoisotopic (exact) mass is 487 g/mol. The van der Waals surface area contributed by atoms with Crippen LogP contribution < -0.4 is 4.74 Å². The molecule has 0 saturated carbocycles. The molecule has 2 heterocycles. The molecule has 0 amide bonds. The van der Waals surface area contributed by atoms with Crippen molar-refractivity contribution in [2.75, 3.05) is 40.5 Å². The summed E-state index contributed by atoms with van der Waals surface area (Å²) in [6, 6.07) is 10.1. The first kappa shape index (κ1) is 26.1. The Morgan fingerprint density at radius 3 is 2.82 bits per heavy atom. The van der Waals surface area contributed by atoms with E-state index in [-0.39, 0.29) is 42.4 Å². The number of nitrogens with zero attached hydrogens (tertiary/aromatic N) is 3. The summed E-state index contributed by atoms with van der Waals surface area (Å²) in [5.74, 6) is 6.00. The topological polar surface area (TPSA) is 92.2 Å². The number of methoxy groups -OCH3 is 1. The third-order valence-electron chi connectivity index (χ3n) is 5.77. The first-order valence-electron chi connectivity index (χ1n) is 11.3. The molecular weight excluding hydrogens is 454 g/mol. The molecule has 184 valence electrons. The van der Waals surface area contributed by atoms with Crippen molar-refractivity contribution in [3.05, 3.63) is 53.9 Å². The fourth-order valence-electron chi connectivity index (χ4n) is 3.87. The number of hydrogen-bond donors (Lipinski definition) is 1. The van der Waals surface area contributed by atoms with Gasteiger partial charge in [0, 0.05) is 50.5 Å². The molecule has 0 fully saturated rings. The highest BCUT2D eigenvalue weighted by Gasteiger charge is 2.38. The fraction of sp³-hybridized carbons (Fsp3) is 0.480. The molecule has 1 aliphatic heterocycles. The van der Waals surface area contributed by atoms with E-state index in [2.05, 4.69) is 21.7 Å². The number of aromatic nitrogens is 1. The summed E-state index contributed by atoms with van der Waals surface area (Å²) >= 11 is 0. The second kappa shape index (κ2) is 11.8. The maximum atomic E-state index is 13.5. The summed E-state index contributed by atoms with van der Waals surface area (Å²) in [5, 5.41) is 9.77. The molecule has 0 saturated heterocycles. The van der Waals surface area contributed by atoms with Gasteiger partial charge < -0.3 is 14.6 Å². The number of ether oxygens (including phenoxy) is 2. The predicted molar refractivity (Wildman–Crippen MR) is 130 cm³/mol. The summed E-state index contributed by atoms with van der Waals surface area (Å²) in [4.78, 5) is 6.58. The van der Waals surface area contributed by atoms with Gasteiger partial charge in [-0.2, -0.15) is 4.31 Å². The number of aliphatic hydroxyl groups excluding tert-OH is 1. The number of hydrogen-bond acceptors (Lipinski definition) is 7. The Balaban J connectivity index is 1.97. The SMILES string of the molecule is COCC#Cc1ccc2c(c1)O[C@H](CN(C)Cc1ccccn1)[C@H](C)CN([C@@H](C)CO)S2(=O)=O. The highest BCUT2D eigenvalue weighted by molar-refractivity contribution is 7.89. The van der Waals surface area contributed by atoms with Crippen LogP contribution in [0.1, 0.15) is 25.1 Å². The summed E-state index contributed by atoms with van der Waals surface area (Å²) in [6.07, 6.45) is 1.47. The Labute approximate surface area is 202 Å². The molecule has 34 heavy (non-hydrogen) atoms. The number of fused-ring (bicyclic) bond motifs is 1. The molecule has 3 atom stereocenters. The number of benzene rings is 1. The van der Waals surface area contributed by atoms with Gasteiger partial charge in [0.25, 0.3) is 0 Å². The van der Waals surface area contributed by atoms with E-state index in [9.17, 15) is 13.5 Å². The first-order chi connectivity index (χ1) is 16.3. The minimum absolute atomic E-state index is 0.0781. The smallest absolute Gasteiger partial charge is 0.247 e. The van der Waals surface area contributed by atoms with Gasteiger partial charge in [0.1, 0.15) is 23.4 Å². The van der Waals surface area contributed by atoms with Crippen LogP contribution in [0.25, 0.3) is 0 Å². The van der Waals surface area contributed by atoms with E-state index in [0.717, 1.165) is 5.69 Å². The molecule has 1 N–H and O–H groups in total. The van der Waals surface area contributed by atoms with Gasteiger partial charge in [0.2, 0.25) is 10.0 Å². The van der Waals surface area contributed by atoms with Crippen LogP contribution in [-0.4, -0.2) is 80.3 Å². The molecule has 0 aliphatic carbocycles. The van der Waals surface area contributed by atoms with Crippen molar-refractivity contribution in [1.82, 2.24) is 14.2 Å². The van der Waals surface area contributed by atoms with E-state index in [4.69, 9.17) is 9.47 Å². The minimum Gasteiger partial charge on any atom is -0.487 e. The zero-order chi connectivity index (χ0) is 24.7. The van der Waals surface area contributed by atoms with Gasteiger partial charge in [-0.15, -0.1) is 0 Å². The molecule has 1 aromatic carbocycles. The highest BCUT2D eigenvalue weighted by Crippen LogP contribution is 2.34. The Kier molecular flexibility index (Phi) is 9.05. The van der Waals surface area contributed by atoms with Crippen LogP contribution in [0, 0.1) is 17.8 Å². The van der Waals surface area contributed by atoms with Crippen LogP contribution in [0.15, 0.2) is 47.5 Å². The van der Waals surface area contributed by atoms with Crippen LogP contribution in [0.2, 0.25) is 0 Å². The van der Waals surface area contributed by atoms with Gasteiger partial charge in [-0.3, -0.25) is 9.88 Å². The van der Waals surface area contributed by atoms with Crippen molar-refractivity contribution < 1.29 is 23.0 Å². The lowest BCUT2D eigenvalue weighted by Gasteiger charge is -2.37. The quantitative estimate of drug-likeness (QED) is 0.597. The van der Waals surface area contributed by atoms with Crippen molar-refractivity contribution in [2.24, 2.45) is 5.92 Å². The normalized spacial score (nSPS) is 20.9. The van der Waals surface area contributed by atoms with Crippen molar-refractivity contribution in [1.29, 1.82) is 0 Å². The maximum absolute atomic E-state index is 13.5. The highest BCUT2D eigenvalue weighted by atomic mass is 32.2. The lowest BCUT2D eigenvalue weighted by atomic mass is 10.0. The Bertz CT molecular complexity index is 1110. The average molecular weight is 488 g/mol. The van der Waals surface area contributed by atoms with Crippen LogP contribution in [0.4, 0.5) is 0 Å². The second-order valence-electron chi connectivity index (χ2n) is 8.65. The maximum Gasteiger partial charge on any atom is 0.247 e. The largest absolute Gasteiger partial charge is 0.487 e. The molecule has 1 aliphatic rings. The van der Waals surface area contributed by atoms with E-state index < -0.39 is 16.1 Å². The molecule has 2 aromatic rings. The predicted octanol–water partition coefficient (Wildman–Crippen LogP) is 1.98. The standard InChI is InChI=1S/C25H33N3O5S/c1-19-15-28(20(2)18-29)34(30,31)25-11-10-21(8-7-13-32-4)14-23(25)33-24(19)17-27(3)16-22-9-5-6-12-26-22/h5-6,9-12,14,19-20,24,29H,13,15-18H2,1-4H3/t19-,20+,24-/m1/s1. The van der Waals surface area contributed by atoms with E-state index in [1.54, 1.807) is 32.4 Å². The van der Waals surface area contributed by atoms with Gasteiger partial charge in [-0.05, 0) is 44.3 Å². The third-order valence-corrected chi connectivity index (χ3v) is 7.79. The minimum atomic E-state index is -3.88. The fourth-order valence-corrected chi connectivity index (χ4v) is 5.70. The molecule has 9 heteroatoms. The number of aliphatic hydroxyl groups is 1. The third kappa shape index (κ3) is 6.34. The van der Waals surface area contributed by atoms with Crippen LogP contribution in [0.5, 0.6) is 5.75 Å². The van der Waals surface area contributed by atoms with Crippen LogP contribution in [-0.2, 0) is 21.3 Å². The van der Waals surface area contributed by atoms with E-state index in [0.29, 0.717) is 18.7 Å². The average Bonchev–Trinajstić information content (AvgIpc) is 2.81. The summed E-state index contributed by atoms with van der Waals surface area (Å²) in [5.41, 5.74) is 1.58. The lowest BCUT2D eigenvalue weighted by molar-refractivity contribution is 0.0730. The summed E-state index contributed by atoms with van der Waals surface area (Å²) in [7, 11) is -0.325. The van der Waals surface area contributed by atoms with E-state index >= 15 is 0 Å². The van der Waals surface area contributed by atoms with E-state index in [1.165, 1.54) is 10.4 Å². The van der Waals surface area contributed by atoms with Gasteiger partial charge in [-0.1, -0.05) is 24.8 Å². The number of sulfonamides is 1. The van der Waals surface area contributed by atoms with Crippen LogP contribution >= 0.6 is 0 Å². The van der Waals surface area contributed by atoms with Crippen LogP contribution in [0.3, 0.4) is 0 Å². The lowest BCUT2D eigenvalue weighted by Crippen LogP contribution is -2.49. The number of pyridine rings is 1. The van der Waals surface area contributed by atoms with Crippen molar-refractivity contribution in [3.63, 3.8) is 0 Å². The number of likely N-dealkylation sites (N-methyl/N-ethyl adjacent to an activating group) is 1. The molecule has 1 aromatic heterocycles. The molecule has 3 rings (SSSR count). The van der Waals surface area contributed by atoms with Gasteiger partial charge in [0.15, 0.2) is 0 Å². The van der Waals surface area contributed by atoms with Crippen molar-refractivity contribution >= 4 is 10.0 Å². The van der Waals surface area contributed by atoms with E-state index in [1.807, 2.05) is 32.2 Å². The van der Waals surface area contributed by atoms with Gasteiger partial charge >= 0.3 is 0 Å². The molecule has 0 radical (unpaired) electrons. The zero-order valence-corrected chi connectivity index (χ0v) is 21.0. The summed E-state index contributed by atoms with van der Waals surface area (Å²) in [6.45, 7) is 5.12. The zero-order valence-electron chi connectivity index (χ0n) is 20.1. The molecular formula is C25H33N3O5S. The van der Waals surface area contributed by atoms with Crippen molar-refractivity contribution in [2.45, 2.75) is 37.4 Å². The number of rotatable bonds is 7. The Morgan fingerprint density at radius 1 is 1.35 bits per heavy atom. The molecule has 0 bridgehead atoms. The Morgan fingerprint density at radius 2 is 2.15 bits per heavy atom. The Hall–Kier alpha value is -2.48. The van der Waals surface area contributed by atoms with Gasteiger partial charge in [-0.25, -0.2) is 8.42 Å². The summed E-state index contributed by atoms with van der Waals surface area (Å²) < 4.78 is 39.8.